The molecule has 1 unspecified atom stereocenters. The predicted molar refractivity (Wildman–Crippen MR) is 128 cm³/mol. The number of aliphatic hydroxyl groups excluding tert-OH is 2. The molecular weight excluding hydrogens is 402 g/mol. The van der Waals surface area contributed by atoms with Crippen LogP contribution in [0, 0.1) is 13.8 Å². The molecule has 3 aliphatic rings. The number of allylic oxidation sites excluding steroid dienone is 2. The average molecular weight is 440 g/mol. The summed E-state index contributed by atoms with van der Waals surface area (Å²) in [6, 6.07) is 4.54. The minimum atomic E-state index is 0.0000859. The van der Waals surface area contributed by atoms with Gasteiger partial charge in [-0.3, -0.25) is 19.6 Å². The maximum absolute atomic E-state index is 12.9. The van der Waals surface area contributed by atoms with E-state index >= 15 is 0 Å². The standard InChI is InChI=1S/C26H37N3O3/c1-18-13-22(20-3-4-20)23(14-19(18)2)21-15-25(31)24(26(32)16-21)17-27-5-6-28-7-9-29(10-8-28)11-12-30/h13-14,17,20-21,30-31H,3-12,15-16H2,1-2H3. The van der Waals surface area contributed by atoms with Crippen LogP contribution in [0.4, 0.5) is 0 Å². The number of ketones is 1. The van der Waals surface area contributed by atoms with Crippen LogP contribution in [0.25, 0.3) is 0 Å². The van der Waals surface area contributed by atoms with E-state index in [1.807, 2.05) is 0 Å². The van der Waals surface area contributed by atoms with Crippen molar-refractivity contribution < 1.29 is 15.0 Å². The van der Waals surface area contributed by atoms with E-state index in [0.717, 1.165) is 39.3 Å². The van der Waals surface area contributed by atoms with Gasteiger partial charge in [0.05, 0.1) is 18.7 Å². The molecule has 1 saturated heterocycles. The molecule has 1 aliphatic heterocycles. The van der Waals surface area contributed by atoms with E-state index < -0.39 is 0 Å². The molecule has 1 heterocycles. The Morgan fingerprint density at radius 3 is 2.12 bits per heavy atom. The van der Waals surface area contributed by atoms with Crippen LogP contribution in [0.3, 0.4) is 0 Å². The average Bonchev–Trinajstić information content (AvgIpc) is 3.61. The Morgan fingerprint density at radius 2 is 1.56 bits per heavy atom. The van der Waals surface area contributed by atoms with Crippen LogP contribution in [-0.2, 0) is 4.79 Å². The van der Waals surface area contributed by atoms with E-state index in [0.29, 0.717) is 30.9 Å². The fourth-order valence-corrected chi connectivity index (χ4v) is 4.97. The van der Waals surface area contributed by atoms with E-state index in [4.69, 9.17) is 5.11 Å². The molecule has 1 aromatic rings. The molecule has 1 aromatic carbocycles. The molecule has 1 atom stereocenters. The highest BCUT2D eigenvalue weighted by atomic mass is 16.3. The minimum Gasteiger partial charge on any atom is -0.511 e. The molecule has 2 fully saturated rings. The summed E-state index contributed by atoms with van der Waals surface area (Å²) in [7, 11) is 0. The van der Waals surface area contributed by atoms with Gasteiger partial charge < -0.3 is 10.2 Å². The molecule has 2 aliphatic carbocycles. The van der Waals surface area contributed by atoms with Crippen LogP contribution < -0.4 is 0 Å². The van der Waals surface area contributed by atoms with Gasteiger partial charge >= 0.3 is 0 Å². The molecule has 0 aromatic heterocycles. The minimum absolute atomic E-state index is 0.0000859. The van der Waals surface area contributed by atoms with Crippen LogP contribution in [0.5, 0.6) is 0 Å². The highest BCUT2D eigenvalue weighted by molar-refractivity contribution is 6.14. The maximum atomic E-state index is 12.9. The number of aliphatic hydroxyl groups is 2. The third-order valence-corrected chi connectivity index (χ3v) is 7.29. The fourth-order valence-electron chi connectivity index (χ4n) is 4.97. The fraction of sp³-hybridized carbons (Fsp3) is 0.615. The third kappa shape index (κ3) is 5.48. The van der Waals surface area contributed by atoms with E-state index in [1.54, 1.807) is 6.21 Å². The van der Waals surface area contributed by atoms with Gasteiger partial charge in [-0.2, -0.15) is 0 Å². The number of benzene rings is 1. The van der Waals surface area contributed by atoms with Crippen LogP contribution in [0.15, 0.2) is 28.5 Å². The topological polar surface area (TPSA) is 76.4 Å². The first kappa shape index (κ1) is 23.1. The molecule has 32 heavy (non-hydrogen) atoms. The molecule has 0 spiro atoms. The number of β-amino-alcohol motifs (C(OH)–C–C–N with tert-alkyl or cyclic N) is 1. The van der Waals surface area contributed by atoms with Gasteiger partial charge in [-0.25, -0.2) is 0 Å². The first-order valence-corrected chi connectivity index (χ1v) is 12.1. The SMILES string of the molecule is Cc1cc(C2CC2)c(C2CC(=O)C(C=NCCN3CCN(CCO)CC3)=C(O)C2)cc1C. The number of aryl methyl sites for hydroxylation is 2. The Balaban J connectivity index is 1.35. The molecular formula is C26H37N3O3. The van der Waals surface area contributed by atoms with E-state index in [1.165, 1.54) is 35.1 Å². The smallest absolute Gasteiger partial charge is 0.168 e. The molecule has 6 nitrogen and oxygen atoms in total. The van der Waals surface area contributed by atoms with Crippen molar-refractivity contribution >= 4 is 12.0 Å². The summed E-state index contributed by atoms with van der Waals surface area (Å²) >= 11 is 0. The van der Waals surface area contributed by atoms with Gasteiger partial charge in [0.1, 0.15) is 5.76 Å². The Hall–Kier alpha value is -2.02. The van der Waals surface area contributed by atoms with E-state index in [-0.39, 0.29) is 24.1 Å². The number of aliphatic imine (C=N–C) groups is 1. The van der Waals surface area contributed by atoms with Gasteiger partial charge in [0.2, 0.25) is 0 Å². The normalized spacial score (nSPS) is 23.5. The lowest BCUT2D eigenvalue weighted by Gasteiger charge is -2.33. The molecule has 2 N–H and O–H groups in total. The number of Topliss-reactive ketones (excluding diaryl/α,β-unsaturated/α-hetero) is 1. The number of carbonyl (C=O) groups excluding carboxylic acids is 1. The van der Waals surface area contributed by atoms with Crippen LogP contribution >= 0.6 is 0 Å². The lowest BCUT2D eigenvalue weighted by Crippen LogP contribution is -2.47. The molecule has 1 saturated carbocycles. The Bertz CT molecular complexity index is 896. The summed E-state index contributed by atoms with van der Waals surface area (Å²) in [5.74, 6) is 0.872. The Labute approximate surface area is 191 Å². The summed E-state index contributed by atoms with van der Waals surface area (Å²) in [6.07, 6.45) is 5.01. The highest BCUT2D eigenvalue weighted by Gasteiger charge is 2.33. The molecule has 0 radical (unpaired) electrons. The monoisotopic (exact) mass is 439 g/mol. The van der Waals surface area contributed by atoms with Gasteiger partial charge in [-0.15, -0.1) is 0 Å². The largest absolute Gasteiger partial charge is 0.511 e. The second-order valence-electron chi connectivity index (χ2n) is 9.67. The number of hydrogen-bond donors (Lipinski definition) is 2. The van der Waals surface area contributed by atoms with Gasteiger partial charge in [0.25, 0.3) is 0 Å². The molecule has 174 valence electrons. The lowest BCUT2D eigenvalue weighted by atomic mass is 9.79. The predicted octanol–water partition coefficient (Wildman–Crippen LogP) is 3.12. The van der Waals surface area contributed by atoms with Gasteiger partial charge in [0.15, 0.2) is 5.78 Å². The number of piperazine rings is 1. The van der Waals surface area contributed by atoms with Crippen LogP contribution in [0.1, 0.15) is 59.8 Å². The zero-order valence-electron chi connectivity index (χ0n) is 19.5. The van der Waals surface area contributed by atoms with Gasteiger partial charge in [-0.05, 0) is 60.8 Å². The molecule has 6 heteroatoms. The summed E-state index contributed by atoms with van der Waals surface area (Å²) in [4.78, 5) is 22.0. The molecule has 4 rings (SSSR count). The van der Waals surface area contributed by atoms with E-state index in [9.17, 15) is 9.90 Å². The highest BCUT2D eigenvalue weighted by Crippen LogP contribution is 2.46. The zero-order chi connectivity index (χ0) is 22.7. The summed E-state index contributed by atoms with van der Waals surface area (Å²) in [5.41, 5.74) is 5.60. The number of nitrogens with zero attached hydrogens (tertiary/aromatic N) is 3. The van der Waals surface area contributed by atoms with Gasteiger partial charge in [-0.1, -0.05) is 12.1 Å². The van der Waals surface area contributed by atoms with Crippen LogP contribution in [0.2, 0.25) is 0 Å². The number of carbonyl (C=O) groups is 1. The first-order valence-electron chi connectivity index (χ1n) is 12.1. The quantitative estimate of drug-likeness (QED) is 0.609. The van der Waals surface area contributed by atoms with Crippen molar-refractivity contribution in [3.63, 3.8) is 0 Å². The number of hydrogen-bond acceptors (Lipinski definition) is 6. The second kappa shape index (κ2) is 10.3. The van der Waals surface area contributed by atoms with Crippen molar-refractivity contribution in [3.8, 4) is 0 Å². The second-order valence-corrected chi connectivity index (χ2v) is 9.67. The van der Waals surface area contributed by atoms with Crippen molar-refractivity contribution in [2.24, 2.45) is 4.99 Å². The van der Waals surface area contributed by atoms with Crippen molar-refractivity contribution in [2.75, 3.05) is 52.4 Å². The summed E-state index contributed by atoms with van der Waals surface area (Å²) < 4.78 is 0. The Kier molecular flexibility index (Phi) is 7.44. The van der Waals surface area contributed by atoms with Crippen molar-refractivity contribution in [1.82, 2.24) is 9.80 Å². The molecule has 0 bridgehead atoms. The van der Waals surface area contributed by atoms with E-state index in [2.05, 4.69) is 40.8 Å². The summed E-state index contributed by atoms with van der Waals surface area (Å²) in [5, 5.41) is 19.7. The van der Waals surface area contributed by atoms with Gasteiger partial charge in [0, 0.05) is 58.3 Å². The summed E-state index contributed by atoms with van der Waals surface area (Å²) in [6.45, 7) is 10.6. The maximum Gasteiger partial charge on any atom is 0.168 e. The molecule has 0 amide bonds. The lowest BCUT2D eigenvalue weighted by molar-refractivity contribution is -0.116. The van der Waals surface area contributed by atoms with Crippen molar-refractivity contribution in [3.05, 3.63) is 45.7 Å². The number of rotatable bonds is 8. The first-order chi connectivity index (χ1) is 15.5. The Morgan fingerprint density at radius 1 is 0.969 bits per heavy atom. The third-order valence-electron chi connectivity index (χ3n) is 7.29. The zero-order valence-corrected chi connectivity index (χ0v) is 19.5. The van der Waals surface area contributed by atoms with Crippen LogP contribution in [-0.4, -0.2) is 84.4 Å². The van der Waals surface area contributed by atoms with Crippen molar-refractivity contribution in [1.29, 1.82) is 0 Å². The van der Waals surface area contributed by atoms with Crippen molar-refractivity contribution in [2.45, 2.75) is 51.4 Å².